The van der Waals surface area contributed by atoms with E-state index < -0.39 is 126 Å². The normalized spacial score (nSPS) is 14.2. The number of nitrogens with one attached hydrogen (secondary N) is 3. The zero-order valence-electron chi connectivity index (χ0n) is 31.7. The number of halogens is 1. The number of rotatable bonds is 14. The fourth-order valence-electron chi connectivity index (χ4n) is 5.61. The summed E-state index contributed by atoms with van der Waals surface area (Å²) in [6.45, 7) is 0. The van der Waals surface area contributed by atoms with Gasteiger partial charge in [-0.3, -0.25) is 33.0 Å². The van der Waals surface area contributed by atoms with Gasteiger partial charge < -0.3 is 21.5 Å². The van der Waals surface area contributed by atoms with Crippen molar-refractivity contribution in [3.8, 4) is 0 Å². The number of nitrogens with two attached hydrogens (primary N) is 1. The maximum atomic E-state index is 14.1. The van der Waals surface area contributed by atoms with E-state index >= 15 is 0 Å². The largest absolute Gasteiger partial charge is 0.478 e. The first-order chi connectivity index (χ1) is 30.4. The lowest BCUT2D eigenvalue weighted by Crippen LogP contribution is -2.28. The van der Waals surface area contributed by atoms with Crippen molar-refractivity contribution in [3.63, 3.8) is 0 Å². The van der Waals surface area contributed by atoms with Gasteiger partial charge in [0.25, 0.3) is 50.6 Å². The quantitative estimate of drug-likeness (QED) is 0.0329. The molecule has 346 valence electrons. The molecular formula is C32H23ClN10O18S5. The number of aromatic carboxylic acids is 1. The van der Waals surface area contributed by atoms with Crippen LogP contribution < -0.4 is 21.8 Å². The van der Waals surface area contributed by atoms with E-state index in [2.05, 4.69) is 46.3 Å². The van der Waals surface area contributed by atoms with Crippen LogP contribution in [0.4, 0.5) is 46.0 Å². The lowest BCUT2D eigenvalue weighted by molar-refractivity contribution is 0.0696. The van der Waals surface area contributed by atoms with Gasteiger partial charge in [-0.15, -0.1) is 10.2 Å². The molecule has 11 N–H and O–H groups in total. The van der Waals surface area contributed by atoms with Crippen molar-refractivity contribution in [2.45, 2.75) is 19.6 Å². The van der Waals surface area contributed by atoms with Crippen LogP contribution in [0.15, 0.2) is 107 Å². The van der Waals surface area contributed by atoms with Crippen LogP contribution in [0.25, 0.3) is 6.08 Å². The van der Waals surface area contributed by atoms with Crippen LogP contribution in [0, 0.1) is 0 Å². The summed E-state index contributed by atoms with van der Waals surface area (Å²) >= 11 is 6.05. The highest BCUT2D eigenvalue weighted by molar-refractivity contribution is 7.91. The van der Waals surface area contributed by atoms with Gasteiger partial charge in [-0.2, -0.15) is 62.1 Å². The summed E-state index contributed by atoms with van der Waals surface area (Å²) in [6.07, 6.45) is 0.433. The lowest BCUT2D eigenvalue weighted by Gasteiger charge is -2.20. The monoisotopic (exact) mass is 1030 g/mol. The van der Waals surface area contributed by atoms with Crippen LogP contribution in [0.3, 0.4) is 0 Å². The Morgan fingerprint density at radius 2 is 1.21 bits per heavy atom. The van der Waals surface area contributed by atoms with Crippen molar-refractivity contribution < 1.29 is 79.5 Å². The van der Waals surface area contributed by atoms with E-state index in [-0.39, 0.29) is 28.4 Å². The number of hydrazone groups is 1. The fourth-order valence-corrected chi connectivity index (χ4v) is 8.82. The number of aromatic nitrogens is 3. The van der Waals surface area contributed by atoms with Gasteiger partial charge >= 0.3 is 5.97 Å². The topological polar surface area (TPSA) is 464 Å². The second kappa shape index (κ2) is 17.5. The molecule has 0 saturated heterocycles. The van der Waals surface area contributed by atoms with E-state index in [1.807, 2.05) is 0 Å². The average Bonchev–Trinajstić information content (AvgIpc) is 3.18. The van der Waals surface area contributed by atoms with E-state index in [4.69, 9.17) is 22.4 Å². The number of carbonyl (C=O) groups is 2. The Kier molecular flexibility index (Phi) is 12.8. The first-order valence-corrected chi connectivity index (χ1v) is 24.4. The summed E-state index contributed by atoms with van der Waals surface area (Å²) in [4.78, 5) is 31.3. The third-order valence-corrected chi connectivity index (χ3v) is 13.0. The number of nitrogen functional groups attached to an aromatic ring is 1. The predicted molar refractivity (Wildman–Crippen MR) is 227 cm³/mol. The van der Waals surface area contributed by atoms with Crippen molar-refractivity contribution in [1.29, 1.82) is 0 Å². The average molecular weight is 1030 g/mol. The molecule has 1 heterocycles. The maximum absolute atomic E-state index is 14.1. The number of nitrogens with zero attached hydrogens (tertiary/aromatic N) is 6. The first kappa shape index (κ1) is 48.5. The molecule has 0 spiro atoms. The molecular weight excluding hydrogens is 1010 g/mol. The Morgan fingerprint density at radius 3 is 1.76 bits per heavy atom. The second-order valence-corrected chi connectivity index (χ2v) is 20.1. The number of carboxylic acids is 1. The van der Waals surface area contributed by atoms with E-state index in [1.54, 1.807) is 0 Å². The number of carboxylic acid groups (broad SMARTS) is 1. The number of benzene rings is 4. The molecule has 34 heteroatoms. The fraction of sp³-hybridized carbons (Fsp3) is 0. The molecule has 0 unspecified atom stereocenters. The zero-order chi connectivity index (χ0) is 48.9. The van der Waals surface area contributed by atoms with E-state index in [1.165, 1.54) is 24.3 Å². The van der Waals surface area contributed by atoms with Crippen molar-refractivity contribution in [2.24, 2.45) is 15.3 Å². The summed E-state index contributed by atoms with van der Waals surface area (Å²) in [5.74, 6) is -3.27. The van der Waals surface area contributed by atoms with Gasteiger partial charge in [-0.25, -0.2) is 4.79 Å². The minimum Gasteiger partial charge on any atom is -0.478 e. The highest BCUT2D eigenvalue weighted by atomic mass is 35.5. The summed E-state index contributed by atoms with van der Waals surface area (Å²) < 4.78 is 172. The number of ketones is 1. The van der Waals surface area contributed by atoms with Crippen LogP contribution in [-0.4, -0.2) is 102 Å². The van der Waals surface area contributed by atoms with Gasteiger partial charge in [-0.05, 0) is 90.0 Å². The van der Waals surface area contributed by atoms with E-state index in [0.717, 1.165) is 18.2 Å². The summed E-state index contributed by atoms with van der Waals surface area (Å²) in [6, 6.07) is 9.83. The molecule has 66 heavy (non-hydrogen) atoms. The molecule has 1 aliphatic rings. The molecule has 0 saturated carbocycles. The molecule has 28 nitrogen and oxygen atoms in total. The summed E-state index contributed by atoms with van der Waals surface area (Å²) in [5.41, 5.74) is 1.33. The molecule has 5 aromatic rings. The Labute approximate surface area is 374 Å². The third-order valence-electron chi connectivity index (χ3n) is 8.41. The minimum absolute atomic E-state index is 0.0270. The standard InChI is InChI=1S/C32H23ClN10O18S5/c33-30-37-31(35-15-3-1-13(2-4-15)29(45)46)39-32(38-30)36-16-5-7-20(63(50,51)52)18(11-16)40-43-27-23(66(59,60)61)10-14-9-22(65(56,57)58)26(25(34)24(14)28(27)44)42-41-19-12-17(62(47,48)49)6-8-21(19)64(53,54)55/h1-12,40H,34H2,(H,45,46)(H,47,48,49)(H,50,51,52)(H,53,54,55)(H,56,57,58)(H,59,60,61)(H2,35,36,37,38,39)/b42-41?,43-27+. The number of allylic oxidation sites excluding steroid dienone is 1. The molecule has 4 aromatic carbocycles. The number of hydrogen-bond acceptors (Lipinski definition) is 22. The van der Waals surface area contributed by atoms with E-state index in [9.17, 15) is 74.4 Å². The molecule has 0 atom stereocenters. The van der Waals surface area contributed by atoms with Crippen LogP contribution in [-0.2, 0) is 50.6 Å². The molecule has 6 rings (SSSR count). The number of fused-ring (bicyclic) bond motifs is 1. The number of Topliss-reactive ketones (excluding diaryl/α,β-unsaturated/α-hetero) is 1. The van der Waals surface area contributed by atoms with Crippen LogP contribution >= 0.6 is 11.6 Å². The Hall–Kier alpha value is -6.92. The molecule has 1 aliphatic carbocycles. The Balaban J connectivity index is 1.43. The highest BCUT2D eigenvalue weighted by Gasteiger charge is 2.37. The molecule has 0 bridgehead atoms. The molecule has 0 aliphatic heterocycles. The molecule has 1 aromatic heterocycles. The SMILES string of the molecule is Nc1c(N=Nc2cc(S(=O)(=O)O)ccc2S(=O)(=O)O)c(S(=O)(=O)O)cc2c1C(=O)/C(=N/Nc1cc(Nc3nc(Cl)nc(Nc4ccc(C(=O)O)cc4)n3)ccc1S(=O)(=O)O)C(S(=O)(=O)O)=C2. The zero-order valence-corrected chi connectivity index (χ0v) is 36.5. The van der Waals surface area contributed by atoms with Crippen LogP contribution in [0.5, 0.6) is 0 Å². The van der Waals surface area contributed by atoms with Gasteiger partial charge in [0.15, 0.2) is 5.71 Å². The lowest BCUT2D eigenvalue weighted by atomic mass is 9.92. The highest BCUT2D eigenvalue weighted by Crippen LogP contribution is 2.42. The summed E-state index contributed by atoms with van der Waals surface area (Å²) in [7, 11) is -26.6. The van der Waals surface area contributed by atoms with Crippen molar-refractivity contribution in [3.05, 3.63) is 93.6 Å². The van der Waals surface area contributed by atoms with Crippen molar-refractivity contribution >= 4 is 132 Å². The smallest absolute Gasteiger partial charge is 0.335 e. The number of anilines is 6. The minimum atomic E-state index is -5.55. The van der Waals surface area contributed by atoms with Gasteiger partial charge in [0.2, 0.25) is 23.0 Å². The number of carbonyl (C=O) groups excluding carboxylic acids is 1. The molecule has 0 fully saturated rings. The number of hydrogen-bond donors (Lipinski definition) is 10. The molecule has 0 amide bonds. The third kappa shape index (κ3) is 10.8. The summed E-state index contributed by atoms with van der Waals surface area (Å²) in [5, 5.41) is 24.7. The van der Waals surface area contributed by atoms with Gasteiger partial charge in [0.05, 0.1) is 27.4 Å². The predicted octanol–water partition coefficient (Wildman–Crippen LogP) is 3.59. The van der Waals surface area contributed by atoms with Crippen LogP contribution in [0.1, 0.15) is 26.3 Å². The van der Waals surface area contributed by atoms with Gasteiger partial charge in [-0.1, -0.05) is 0 Å². The van der Waals surface area contributed by atoms with Crippen molar-refractivity contribution in [2.75, 3.05) is 21.8 Å². The van der Waals surface area contributed by atoms with E-state index in [0.29, 0.717) is 36.0 Å². The first-order valence-electron chi connectivity index (χ1n) is 16.8. The maximum Gasteiger partial charge on any atom is 0.335 e. The number of azo groups is 1. The second-order valence-electron chi connectivity index (χ2n) is 12.8. The molecule has 0 radical (unpaired) electrons. The van der Waals surface area contributed by atoms with Gasteiger partial charge in [0, 0.05) is 11.4 Å². The van der Waals surface area contributed by atoms with Crippen LogP contribution in [0.2, 0.25) is 5.28 Å². The van der Waals surface area contributed by atoms with Crippen molar-refractivity contribution in [1.82, 2.24) is 15.0 Å². The Morgan fingerprint density at radius 1 is 0.652 bits per heavy atom. The Bertz CT molecular complexity index is 3610. The van der Waals surface area contributed by atoms with Gasteiger partial charge in [0.1, 0.15) is 31.0 Å².